The topological polar surface area (TPSA) is 24.5 Å². The van der Waals surface area contributed by atoms with E-state index >= 15 is 0 Å². The number of benzene rings is 1. The quantitative estimate of drug-likeness (QED) is 0.899. The van der Waals surface area contributed by atoms with Crippen molar-refractivity contribution in [1.29, 1.82) is 0 Å². The van der Waals surface area contributed by atoms with Crippen molar-refractivity contribution in [2.45, 2.75) is 19.4 Å². The highest BCUT2D eigenvalue weighted by Crippen LogP contribution is 2.25. The smallest absolute Gasteiger partial charge is 0.0511 e. The van der Waals surface area contributed by atoms with Gasteiger partial charge in [0.15, 0.2) is 0 Å². The Hall–Kier alpha value is -0.770. The first-order valence-electron chi connectivity index (χ1n) is 6.92. The molecule has 1 N–H and O–H groups in total. The van der Waals surface area contributed by atoms with Crippen molar-refractivity contribution < 1.29 is 4.74 Å². The van der Waals surface area contributed by atoms with Gasteiger partial charge in [0.2, 0.25) is 0 Å². The molecule has 1 aliphatic heterocycles. The molecule has 1 aromatic rings. The van der Waals surface area contributed by atoms with Gasteiger partial charge in [-0.3, -0.25) is 0 Å². The lowest BCUT2D eigenvalue weighted by Gasteiger charge is -2.29. The SMILES string of the molecule is CNCc1cc(Cl)ccc1N(C)CC1CCCOC1. The van der Waals surface area contributed by atoms with Gasteiger partial charge >= 0.3 is 0 Å². The molecule has 1 unspecified atom stereocenters. The Bertz CT molecular complexity index is 405. The fourth-order valence-electron chi connectivity index (χ4n) is 2.70. The summed E-state index contributed by atoms with van der Waals surface area (Å²) in [5, 5.41) is 3.99. The molecule has 3 nitrogen and oxygen atoms in total. The van der Waals surface area contributed by atoms with Gasteiger partial charge in [-0.05, 0) is 49.6 Å². The molecule has 0 radical (unpaired) electrons. The van der Waals surface area contributed by atoms with E-state index in [0.29, 0.717) is 5.92 Å². The second-order valence-corrected chi connectivity index (χ2v) is 5.70. The molecule has 0 saturated carbocycles. The molecule has 106 valence electrons. The van der Waals surface area contributed by atoms with Gasteiger partial charge in [-0.25, -0.2) is 0 Å². The lowest BCUT2D eigenvalue weighted by atomic mass is 10.0. The molecule has 0 amide bonds. The standard InChI is InChI=1S/C15H23ClN2O/c1-17-9-13-8-14(16)5-6-15(13)18(2)10-12-4-3-7-19-11-12/h5-6,8,12,17H,3-4,7,9-11H2,1-2H3. The van der Waals surface area contributed by atoms with Crippen LogP contribution in [0.3, 0.4) is 0 Å². The second kappa shape index (κ2) is 7.13. The Kier molecular flexibility index (Phi) is 5.49. The number of rotatable bonds is 5. The summed E-state index contributed by atoms with van der Waals surface area (Å²) in [7, 11) is 4.11. The van der Waals surface area contributed by atoms with Gasteiger partial charge in [-0.15, -0.1) is 0 Å². The maximum Gasteiger partial charge on any atom is 0.0511 e. The van der Waals surface area contributed by atoms with Crippen LogP contribution in [0.4, 0.5) is 5.69 Å². The van der Waals surface area contributed by atoms with Crippen LogP contribution in [0.25, 0.3) is 0 Å². The van der Waals surface area contributed by atoms with Gasteiger partial charge in [0, 0.05) is 37.5 Å². The van der Waals surface area contributed by atoms with E-state index in [-0.39, 0.29) is 0 Å². The first-order valence-corrected chi connectivity index (χ1v) is 7.30. The van der Waals surface area contributed by atoms with E-state index in [1.165, 1.54) is 24.1 Å². The van der Waals surface area contributed by atoms with E-state index < -0.39 is 0 Å². The zero-order chi connectivity index (χ0) is 13.7. The molecule has 0 aliphatic carbocycles. The van der Waals surface area contributed by atoms with E-state index in [1.54, 1.807) is 0 Å². The Morgan fingerprint density at radius 1 is 1.47 bits per heavy atom. The first kappa shape index (κ1) is 14.6. The summed E-state index contributed by atoms with van der Waals surface area (Å²) in [5.74, 6) is 0.636. The van der Waals surface area contributed by atoms with E-state index in [9.17, 15) is 0 Å². The van der Waals surface area contributed by atoms with Crippen LogP contribution in [0.5, 0.6) is 0 Å². The summed E-state index contributed by atoms with van der Waals surface area (Å²) in [4.78, 5) is 2.32. The highest BCUT2D eigenvalue weighted by molar-refractivity contribution is 6.30. The fourth-order valence-corrected chi connectivity index (χ4v) is 2.89. The predicted molar refractivity (Wildman–Crippen MR) is 81.0 cm³/mol. The number of hydrogen-bond donors (Lipinski definition) is 1. The van der Waals surface area contributed by atoms with Crippen LogP contribution < -0.4 is 10.2 Å². The zero-order valence-electron chi connectivity index (χ0n) is 11.8. The van der Waals surface area contributed by atoms with Crippen LogP contribution in [0.2, 0.25) is 5.02 Å². The third-order valence-corrected chi connectivity index (χ3v) is 3.84. The van der Waals surface area contributed by atoms with Crippen molar-refractivity contribution in [2.75, 3.05) is 38.8 Å². The van der Waals surface area contributed by atoms with E-state index in [4.69, 9.17) is 16.3 Å². The van der Waals surface area contributed by atoms with Crippen LogP contribution in [-0.4, -0.2) is 33.9 Å². The molecule has 1 aromatic carbocycles. The van der Waals surface area contributed by atoms with Gasteiger partial charge < -0.3 is 15.0 Å². The van der Waals surface area contributed by atoms with Gasteiger partial charge in [-0.2, -0.15) is 0 Å². The molecule has 2 rings (SSSR count). The van der Waals surface area contributed by atoms with Crippen molar-refractivity contribution in [3.05, 3.63) is 28.8 Å². The van der Waals surface area contributed by atoms with Crippen molar-refractivity contribution in [3.8, 4) is 0 Å². The molecule has 0 bridgehead atoms. The van der Waals surface area contributed by atoms with Crippen LogP contribution >= 0.6 is 11.6 Å². The third-order valence-electron chi connectivity index (χ3n) is 3.61. The van der Waals surface area contributed by atoms with Crippen LogP contribution in [0.1, 0.15) is 18.4 Å². The number of hydrogen-bond acceptors (Lipinski definition) is 3. The molecule has 4 heteroatoms. The maximum atomic E-state index is 6.08. The molecule has 19 heavy (non-hydrogen) atoms. The molecule has 1 saturated heterocycles. The minimum atomic E-state index is 0.636. The average Bonchev–Trinajstić information content (AvgIpc) is 2.40. The minimum Gasteiger partial charge on any atom is -0.381 e. The Morgan fingerprint density at radius 3 is 3.00 bits per heavy atom. The molecular weight excluding hydrogens is 260 g/mol. The van der Waals surface area contributed by atoms with E-state index in [2.05, 4.69) is 23.3 Å². The monoisotopic (exact) mass is 282 g/mol. The number of halogens is 1. The third kappa shape index (κ3) is 4.10. The predicted octanol–water partition coefficient (Wildman–Crippen LogP) is 2.92. The Balaban J connectivity index is 2.06. The molecule has 1 aliphatic rings. The minimum absolute atomic E-state index is 0.636. The lowest BCUT2D eigenvalue weighted by molar-refractivity contribution is 0.0576. The van der Waals surface area contributed by atoms with Crippen LogP contribution in [-0.2, 0) is 11.3 Å². The highest BCUT2D eigenvalue weighted by atomic mass is 35.5. The summed E-state index contributed by atoms with van der Waals surface area (Å²) in [6, 6.07) is 6.11. The summed E-state index contributed by atoms with van der Waals surface area (Å²) >= 11 is 6.08. The number of ether oxygens (including phenoxy) is 1. The van der Waals surface area contributed by atoms with Gasteiger partial charge in [0.1, 0.15) is 0 Å². The highest BCUT2D eigenvalue weighted by Gasteiger charge is 2.17. The van der Waals surface area contributed by atoms with Crippen molar-refractivity contribution in [1.82, 2.24) is 5.32 Å². The molecule has 0 spiro atoms. The summed E-state index contributed by atoms with van der Waals surface area (Å²) in [6.45, 7) is 3.69. The van der Waals surface area contributed by atoms with Gasteiger partial charge in [0.25, 0.3) is 0 Å². The number of nitrogens with one attached hydrogen (secondary N) is 1. The molecule has 1 heterocycles. The summed E-state index contributed by atoms with van der Waals surface area (Å²) < 4.78 is 5.56. The van der Waals surface area contributed by atoms with Gasteiger partial charge in [0.05, 0.1) is 6.61 Å². The Labute approximate surface area is 120 Å². The number of nitrogens with zero attached hydrogens (tertiary/aromatic N) is 1. The zero-order valence-corrected chi connectivity index (χ0v) is 12.5. The lowest BCUT2D eigenvalue weighted by Crippen LogP contribution is -2.31. The summed E-state index contributed by atoms with van der Waals surface area (Å²) in [5.41, 5.74) is 2.50. The largest absolute Gasteiger partial charge is 0.381 e. The van der Waals surface area contributed by atoms with Crippen molar-refractivity contribution in [2.24, 2.45) is 5.92 Å². The van der Waals surface area contributed by atoms with E-state index in [0.717, 1.165) is 31.3 Å². The van der Waals surface area contributed by atoms with Crippen molar-refractivity contribution >= 4 is 17.3 Å². The molecule has 0 aromatic heterocycles. The van der Waals surface area contributed by atoms with E-state index in [1.807, 2.05) is 19.2 Å². The van der Waals surface area contributed by atoms with Crippen LogP contribution in [0.15, 0.2) is 18.2 Å². The maximum absolute atomic E-state index is 6.08. The molecular formula is C15H23ClN2O. The van der Waals surface area contributed by atoms with Crippen LogP contribution in [0, 0.1) is 5.92 Å². The number of anilines is 1. The first-order chi connectivity index (χ1) is 9.20. The second-order valence-electron chi connectivity index (χ2n) is 5.27. The molecule has 1 atom stereocenters. The average molecular weight is 283 g/mol. The van der Waals surface area contributed by atoms with Gasteiger partial charge in [-0.1, -0.05) is 11.6 Å². The normalized spacial score (nSPS) is 19.4. The van der Waals surface area contributed by atoms with Crippen molar-refractivity contribution in [3.63, 3.8) is 0 Å². The Morgan fingerprint density at radius 2 is 2.32 bits per heavy atom. The molecule has 1 fully saturated rings. The fraction of sp³-hybridized carbons (Fsp3) is 0.600. The summed E-state index contributed by atoms with van der Waals surface area (Å²) in [6.07, 6.45) is 2.45.